The minimum Gasteiger partial charge on any atom is -0.368 e. The number of hydrogen-bond acceptors (Lipinski definition) is 4. The van der Waals surface area contributed by atoms with E-state index < -0.39 is 35.8 Å². The number of hydrogen-bond donors (Lipinski definition) is 4. The van der Waals surface area contributed by atoms with Crippen molar-refractivity contribution in [2.45, 2.75) is 65.1 Å². The van der Waals surface area contributed by atoms with Gasteiger partial charge in [-0.2, -0.15) is 0 Å². The van der Waals surface area contributed by atoms with Crippen LogP contribution in [0.5, 0.6) is 0 Å². The Bertz CT molecular complexity index is 646. The van der Waals surface area contributed by atoms with Crippen LogP contribution in [0.3, 0.4) is 0 Å². The predicted octanol–water partition coefficient (Wildman–Crippen LogP) is 1.10. The Morgan fingerprint density at radius 3 is 1.86 bits per heavy atom. The minimum absolute atomic E-state index is 0.165. The molecule has 1 aromatic carbocycles. The van der Waals surface area contributed by atoms with Gasteiger partial charge in [0.25, 0.3) is 0 Å². The molecule has 3 amide bonds. The van der Waals surface area contributed by atoms with Gasteiger partial charge in [-0.25, -0.2) is 0 Å². The zero-order chi connectivity index (χ0) is 21.3. The van der Waals surface area contributed by atoms with Gasteiger partial charge in [-0.05, 0) is 36.7 Å². The summed E-state index contributed by atoms with van der Waals surface area (Å²) < 4.78 is 0. The summed E-state index contributed by atoms with van der Waals surface area (Å²) in [5.74, 6) is -1.05. The zero-order valence-corrected chi connectivity index (χ0v) is 17.3. The third-order valence-corrected chi connectivity index (χ3v) is 4.34. The van der Waals surface area contributed by atoms with Gasteiger partial charge in [0.05, 0.1) is 6.04 Å². The van der Waals surface area contributed by atoms with E-state index in [0.717, 1.165) is 5.56 Å². The second-order valence-electron chi connectivity index (χ2n) is 8.08. The van der Waals surface area contributed by atoms with Crippen LogP contribution in [0.2, 0.25) is 0 Å². The van der Waals surface area contributed by atoms with E-state index in [0.29, 0.717) is 19.3 Å². The number of benzene rings is 1. The van der Waals surface area contributed by atoms with Gasteiger partial charge in [-0.3, -0.25) is 14.4 Å². The molecule has 0 aliphatic heterocycles. The number of carbonyl (C=O) groups excluding carboxylic acids is 3. The fraction of sp³-hybridized carbons (Fsp3) is 0.571. The van der Waals surface area contributed by atoms with Gasteiger partial charge in [0.2, 0.25) is 17.7 Å². The van der Waals surface area contributed by atoms with Crippen molar-refractivity contribution in [1.82, 2.24) is 10.6 Å². The summed E-state index contributed by atoms with van der Waals surface area (Å²) in [6, 6.07) is 7.14. The second-order valence-corrected chi connectivity index (χ2v) is 8.08. The molecule has 0 aliphatic rings. The van der Waals surface area contributed by atoms with Crippen molar-refractivity contribution in [3.05, 3.63) is 35.9 Å². The van der Waals surface area contributed by atoms with Gasteiger partial charge >= 0.3 is 0 Å². The molecule has 0 bridgehead atoms. The van der Waals surface area contributed by atoms with E-state index >= 15 is 0 Å². The number of nitrogens with two attached hydrogens (primary N) is 2. The van der Waals surface area contributed by atoms with Gasteiger partial charge in [0.1, 0.15) is 12.1 Å². The molecule has 0 aromatic heterocycles. The fourth-order valence-corrected chi connectivity index (χ4v) is 2.93. The first-order valence-corrected chi connectivity index (χ1v) is 9.79. The van der Waals surface area contributed by atoms with Crippen LogP contribution >= 0.6 is 0 Å². The van der Waals surface area contributed by atoms with Gasteiger partial charge < -0.3 is 22.1 Å². The van der Waals surface area contributed by atoms with Crippen molar-refractivity contribution in [3.8, 4) is 0 Å². The van der Waals surface area contributed by atoms with Crippen molar-refractivity contribution >= 4 is 17.7 Å². The Morgan fingerprint density at radius 2 is 1.36 bits per heavy atom. The standard InChI is InChI=1S/C21H34N4O3/c1-13(2)10-17(19(23)26)24-21(28)18(11-14(3)4)25-20(27)16(22)12-15-8-6-5-7-9-15/h5-9,13-14,16-18H,10-12,22H2,1-4H3,(H2,23,26)(H,24,28)(H,25,27)/t16-,17-,18-/m0/s1. The lowest BCUT2D eigenvalue weighted by Crippen LogP contribution is -2.56. The molecule has 0 radical (unpaired) electrons. The molecular weight excluding hydrogens is 356 g/mol. The maximum Gasteiger partial charge on any atom is 0.243 e. The Hall–Kier alpha value is -2.41. The van der Waals surface area contributed by atoms with E-state index in [1.807, 2.05) is 58.0 Å². The highest BCUT2D eigenvalue weighted by molar-refractivity contribution is 5.92. The van der Waals surface area contributed by atoms with E-state index in [2.05, 4.69) is 10.6 Å². The quantitative estimate of drug-likeness (QED) is 0.451. The van der Waals surface area contributed by atoms with Crippen LogP contribution in [0.25, 0.3) is 0 Å². The van der Waals surface area contributed by atoms with Crippen LogP contribution in [-0.2, 0) is 20.8 Å². The summed E-state index contributed by atoms with van der Waals surface area (Å²) in [4.78, 5) is 36.9. The largest absolute Gasteiger partial charge is 0.368 e. The Kier molecular flexibility index (Phi) is 9.65. The normalized spacial score (nSPS) is 14.4. The maximum absolute atomic E-state index is 12.7. The monoisotopic (exact) mass is 390 g/mol. The molecule has 0 fully saturated rings. The maximum atomic E-state index is 12.7. The van der Waals surface area contributed by atoms with Gasteiger partial charge in [-0.1, -0.05) is 58.0 Å². The van der Waals surface area contributed by atoms with Crippen molar-refractivity contribution in [2.24, 2.45) is 23.3 Å². The first-order valence-electron chi connectivity index (χ1n) is 9.79. The highest BCUT2D eigenvalue weighted by Gasteiger charge is 2.28. The van der Waals surface area contributed by atoms with Crippen LogP contribution in [0, 0.1) is 11.8 Å². The van der Waals surface area contributed by atoms with E-state index in [-0.39, 0.29) is 11.8 Å². The lowest BCUT2D eigenvalue weighted by atomic mass is 9.99. The van der Waals surface area contributed by atoms with Gasteiger partial charge in [0.15, 0.2) is 0 Å². The molecule has 0 unspecified atom stereocenters. The fourth-order valence-electron chi connectivity index (χ4n) is 2.93. The third kappa shape index (κ3) is 8.52. The SMILES string of the molecule is CC(C)C[C@H](NC(=O)[C@H](CC(C)C)NC(=O)[C@@H](N)Cc1ccccc1)C(N)=O. The molecule has 0 spiro atoms. The number of carbonyl (C=O) groups is 3. The Morgan fingerprint density at radius 1 is 0.857 bits per heavy atom. The first kappa shape index (κ1) is 23.6. The average molecular weight is 391 g/mol. The second kappa shape index (κ2) is 11.4. The lowest BCUT2D eigenvalue weighted by molar-refractivity contribution is -0.132. The Labute approximate surface area is 167 Å². The van der Waals surface area contributed by atoms with Crippen LogP contribution in [0.4, 0.5) is 0 Å². The van der Waals surface area contributed by atoms with Crippen LogP contribution in [0.15, 0.2) is 30.3 Å². The van der Waals surface area contributed by atoms with Crippen molar-refractivity contribution in [3.63, 3.8) is 0 Å². The van der Waals surface area contributed by atoms with E-state index in [4.69, 9.17) is 11.5 Å². The molecule has 0 saturated carbocycles. The predicted molar refractivity (Wildman–Crippen MR) is 110 cm³/mol. The molecule has 1 aromatic rings. The molecule has 1 rings (SSSR count). The molecule has 3 atom stereocenters. The van der Waals surface area contributed by atoms with Crippen LogP contribution in [-0.4, -0.2) is 35.8 Å². The van der Waals surface area contributed by atoms with Crippen LogP contribution in [0.1, 0.15) is 46.1 Å². The topological polar surface area (TPSA) is 127 Å². The number of amides is 3. The smallest absolute Gasteiger partial charge is 0.243 e. The molecule has 156 valence electrons. The van der Waals surface area contributed by atoms with Crippen molar-refractivity contribution < 1.29 is 14.4 Å². The first-order chi connectivity index (χ1) is 13.1. The summed E-state index contributed by atoms with van der Waals surface area (Å²) >= 11 is 0. The molecule has 7 heteroatoms. The summed E-state index contributed by atoms with van der Waals surface area (Å²) in [5, 5.41) is 5.42. The molecule has 0 heterocycles. The Balaban J connectivity index is 2.78. The van der Waals surface area contributed by atoms with E-state index in [1.165, 1.54) is 0 Å². The van der Waals surface area contributed by atoms with E-state index in [1.54, 1.807) is 0 Å². The van der Waals surface area contributed by atoms with Crippen molar-refractivity contribution in [2.75, 3.05) is 0 Å². The highest BCUT2D eigenvalue weighted by atomic mass is 16.2. The molecule has 6 N–H and O–H groups in total. The summed E-state index contributed by atoms with van der Waals surface area (Å²) in [7, 11) is 0. The number of primary amides is 1. The molecule has 7 nitrogen and oxygen atoms in total. The van der Waals surface area contributed by atoms with Gasteiger partial charge in [0, 0.05) is 0 Å². The van der Waals surface area contributed by atoms with Crippen molar-refractivity contribution in [1.29, 1.82) is 0 Å². The van der Waals surface area contributed by atoms with Crippen LogP contribution < -0.4 is 22.1 Å². The minimum atomic E-state index is -0.775. The molecular formula is C21H34N4O3. The van der Waals surface area contributed by atoms with E-state index in [9.17, 15) is 14.4 Å². The lowest BCUT2D eigenvalue weighted by Gasteiger charge is -2.25. The molecule has 28 heavy (non-hydrogen) atoms. The molecule has 0 aliphatic carbocycles. The van der Waals surface area contributed by atoms with Gasteiger partial charge in [-0.15, -0.1) is 0 Å². The summed E-state index contributed by atoms with van der Waals surface area (Å²) in [6.45, 7) is 7.79. The molecule has 0 saturated heterocycles. The average Bonchev–Trinajstić information content (AvgIpc) is 2.60. The highest BCUT2D eigenvalue weighted by Crippen LogP contribution is 2.09. The summed E-state index contributed by atoms with van der Waals surface area (Å²) in [5.41, 5.74) is 12.4. The zero-order valence-electron chi connectivity index (χ0n) is 17.3. The number of rotatable bonds is 11. The summed E-state index contributed by atoms with van der Waals surface area (Å²) in [6.07, 6.45) is 1.25. The third-order valence-electron chi connectivity index (χ3n) is 4.34. The number of nitrogens with one attached hydrogen (secondary N) is 2.